The summed E-state index contributed by atoms with van der Waals surface area (Å²) in [6.45, 7) is 1.91. The van der Waals surface area contributed by atoms with E-state index in [-0.39, 0.29) is 12.1 Å². The number of carbonyl (C=O) groups excluding carboxylic acids is 1. The predicted molar refractivity (Wildman–Crippen MR) is 84.9 cm³/mol. The molecule has 2 atom stereocenters. The van der Waals surface area contributed by atoms with E-state index >= 15 is 0 Å². The van der Waals surface area contributed by atoms with Crippen LogP contribution in [0.4, 0.5) is 10.5 Å². The summed E-state index contributed by atoms with van der Waals surface area (Å²) in [4.78, 5) is 12.2. The van der Waals surface area contributed by atoms with Gasteiger partial charge in [0.25, 0.3) is 0 Å². The molecule has 1 aromatic carbocycles. The average Bonchev–Trinajstić information content (AvgIpc) is 3.06. The van der Waals surface area contributed by atoms with Crippen LogP contribution in [0.1, 0.15) is 31.2 Å². The summed E-state index contributed by atoms with van der Waals surface area (Å²) in [6.07, 6.45) is 4.35. The molecular formula is C16H20N4O3. The van der Waals surface area contributed by atoms with E-state index in [0.29, 0.717) is 11.6 Å². The smallest absolute Gasteiger partial charge is 0.319 e. The van der Waals surface area contributed by atoms with Gasteiger partial charge in [-0.3, -0.25) is 0 Å². The molecular weight excluding hydrogens is 296 g/mol. The fourth-order valence-electron chi connectivity index (χ4n) is 2.79. The summed E-state index contributed by atoms with van der Waals surface area (Å²) in [7, 11) is 0. The Morgan fingerprint density at radius 3 is 2.91 bits per heavy atom. The Morgan fingerprint density at radius 1 is 1.35 bits per heavy atom. The van der Waals surface area contributed by atoms with E-state index in [1.165, 1.54) is 6.39 Å². The third-order valence-electron chi connectivity index (χ3n) is 4.14. The van der Waals surface area contributed by atoms with Gasteiger partial charge in [-0.05, 0) is 37.5 Å². The van der Waals surface area contributed by atoms with E-state index in [1.54, 1.807) is 6.07 Å². The maximum Gasteiger partial charge on any atom is 0.319 e. The molecule has 1 aromatic heterocycles. The Hall–Kier alpha value is -2.41. The van der Waals surface area contributed by atoms with Gasteiger partial charge in [-0.15, -0.1) is 10.2 Å². The monoisotopic (exact) mass is 316 g/mol. The second kappa shape index (κ2) is 6.78. The molecule has 7 nitrogen and oxygen atoms in total. The molecule has 0 bridgehead atoms. The summed E-state index contributed by atoms with van der Waals surface area (Å²) >= 11 is 0. The number of nitrogens with one attached hydrogen (secondary N) is 2. The molecule has 23 heavy (non-hydrogen) atoms. The number of rotatable bonds is 3. The number of nitrogens with zero attached hydrogens (tertiary/aromatic N) is 2. The van der Waals surface area contributed by atoms with Gasteiger partial charge in [-0.2, -0.15) is 0 Å². The van der Waals surface area contributed by atoms with Gasteiger partial charge in [0.2, 0.25) is 12.3 Å². The van der Waals surface area contributed by atoms with Crippen molar-refractivity contribution in [3.05, 3.63) is 30.2 Å². The van der Waals surface area contributed by atoms with E-state index in [9.17, 15) is 9.90 Å². The van der Waals surface area contributed by atoms with Gasteiger partial charge in [0.05, 0.1) is 12.1 Å². The maximum absolute atomic E-state index is 12.2. The fraction of sp³-hybridized carbons (Fsp3) is 0.438. The van der Waals surface area contributed by atoms with Crippen LogP contribution >= 0.6 is 0 Å². The second-order valence-electron chi connectivity index (χ2n) is 5.83. The molecule has 0 spiro atoms. The van der Waals surface area contributed by atoms with Crippen molar-refractivity contribution in [2.45, 2.75) is 44.8 Å². The van der Waals surface area contributed by atoms with Crippen LogP contribution in [-0.2, 0) is 0 Å². The normalized spacial score (nSPS) is 21.0. The first-order valence-electron chi connectivity index (χ1n) is 7.76. The molecule has 2 amide bonds. The highest BCUT2D eigenvalue weighted by Crippen LogP contribution is 2.24. The van der Waals surface area contributed by atoms with Gasteiger partial charge in [0.1, 0.15) is 0 Å². The van der Waals surface area contributed by atoms with Gasteiger partial charge in [-0.25, -0.2) is 4.79 Å². The molecule has 0 radical (unpaired) electrons. The quantitative estimate of drug-likeness (QED) is 0.807. The Balaban J connectivity index is 1.69. The number of hydrogen-bond donors (Lipinski definition) is 3. The summed E-state index contributed by atoms with van der Waals surface area (Å²) in [5.74, 6) is 0.399. The van der Waals surface area contributed by atoms with E-state index in [1.807, 2.05) is 19.1 Å². The summed E-state index contributed by atoms with van der Waals surface area (Å²) < 4.78 is 5.17. The highest BCUT2D eigenvalue weighted by atomic mass is 16.4. The minimum absolute atomic E-state index is 0.192. The molecule has 1 heterocycles. The van der Waals surface area contributed by atoms with Crippen LogP contribution in [0.5, 0.6) is 0 Å². The van der Waals surface area contributed by atoms with E-state index in [0.717, 1.165) is 36.8 Å². The zero-order valence-corrected chi connectivity index (χ0v) is 13.0. The number of anilines is 1. The van der Waals surface area contributed by atoms with Gasteiger partial charge >= 0.3 is 6.03 Å². The van der Waals surface area contributed by atoms with Crippen molar-refractivity contribution < 1.29 is 14.3 Å². The highest BCUT2D eigenvalue weighted by molar-refractivity contribution is 5.91. The Morgan fingerprint density at radius 2 is 2.17 bits per heavy atom. The molecule has 0 saturated heterocycles. The molecule has 1 fully saturated rings. The SMILES string of the molecule is Cc1ccc(-c2nnco2)cc1NC(=O)NC1CCCCC1O. The largest absolute Gasteiger partial charge is 0.423 e. The number of aliphatic hydroxyl groups excluding tert-OH is 1. The number of benzene rings is 1. The molecule has 7 heteroatoms. The molecule has 2 unspecified atom stereocenters. The van der Waals surface area contributed by atoms with Crippen molar-refractivity contribution >= 4 is 11.7 Å². The van der Waals surface area contributed by atoms with Crippen LogP contribution in [0, 0.1) is 6.92 Å². The number of aromatic nitrogens is 2. The van der Waals surface area contributed by atoms with Gasteiger partial charge in [0.15, 0.2) is 0 Å². The first kappa shape index (κ1) is 15.5. The van der Waals surface area contributed by atoms with Gasteiger partial charge in [-0.1, -0.05) is 18.9 Å². The maximum atomic E-state index is 12.2. The number of carbonyl (C=O) groups is 1. The third-order valence-corrected chi connectivity index (χ3v) is 4.14. The summed E-state index contributed by atoms with van der Waals surface area (Å²) in [6, 6.07) is 5.02. The van der Waals surface area contributed by atoms with Crippen LogP contribution in [0.2, 0.25) is 0 Å². The zero-order valence-electron chi connectivity index (χ0n) is 13.0. The molecule has 2 aromatic rings. The lowest BCUT2D eigenvalue weighted by Gasteiger charge is -2.28. The molecule has 3 N–H and O–H groups in total. The van der Waals surface area contributed by atoms with E-state index < -0.39 is 6.10 Å². The highest BCUT2D eigenvalue weighted by Gasteiger charge is 2.24. The minimum atomic E-state index is -0.472. The lowest BCUT2D eigenvalue weighted by Crippen LogP contribution is -2.46. The van der Waals surface area contributed by atoms with Gasteiger partial charge < -0.3 is 20.2 Å². The Kier molecular flexibility index (Phi) is 4.57. The van der Waals surface area contributed by atoms with Crippen molar-refractivity contribution in [2.24, 2.45) is 0 Å². The summed E-state index contributed by atoms with van der Waals surface area (Å²) in [5, 5.41) is 23.1. The Labute approximate surface area is 134 Å². The van der Waals surface area contributed by atoms with E-state index in [2.05, 4.69) is 20.8 Å². The van der Waals surface area contributed by atoms with Crippen LogP contribution < -0.4 is 10.6 Å². The van der Waals surface area contributed by atoms with Crippen LogP contribution in [0.15, 0.2) is 29.0 Å². The lowest BCUT2D eigenvalue weighted by molar-refractivity contribution is 0.0955. The molecule has 0 aliphatic heterocycles. The second-order valence-corrected chi connectivity index (χ2v) is 5.83. The molecule has 122 valence electrons. The number of urea groups is 1. The number of hydrogen-bond acceptors (Lipinski definition) is 5. The number of amides is 2. The molecule has 1 aliphatic rings. The molecule has 1 saturated carbocycles. The first-order chi connectivity index (χ1) is 11.1. The first-order valence-corrected chi connectivity index (χ1v) is 7.76. The number of aliphatic hydroxyl groups is 1. The zero-order chi connectivity index (χ0) is 16.2. The van der Waals surface area contributed by atoms with Crippen LogP contribution in [0.25, 0.3) is 11.5 Å². The van der Waals surface area contributed by atoms with Crippen molar-refractivity contribution in [3.8, 4) is 11.5 Å². The third kappa shape index (κ3) is 3.68. The minimum Gasteiger partial charge on any atom is -0.423 e. The lowest BCUT2D eigenvalue weighted by atomic mass is 9.93. The summed E-state index contributed by atoms with van der Waals surface area (Å²) in [5.41, 5.74) is 2.33. The van der Waals surface area contributed by atoms with Crippen molar-refractivity contribution in [1.29, 1.82) is 0 Å². The fourth-order valence-corrected chi connectivity index (χ4v) is 2.79. The average molecular weight is 316 g/mol. The van der Waals surface area contributed by atoms with E-state index in [4.69, 9.17) is 4.42 Å². The number of aryl methyl sites for hydroxylation is 1. The molecule has 1 aliphatic carbocycles. The van der Waals surface area contributed by atoms with Crippen molar-refractivity contribution in [3.63, 3.8) is 0 Å². The van der Waals surface area contributed by atoms with Crippen molar-refractivity contribution in [2.75, 3.05) is 5.32 Å². The standard InChI is InChI=1S/C16H20N4O3/c1-10-6-7-11(15-20-17-9-23-15)8-13(10)19-16(22)18-12-4-2-3-5-14(12)21/h6-9,12,14,21H,2-5H2,1H3,(H2,18,19,22). The topological polar surface area (TPSA) is 100 Å². The molecule has 3 rings (SSSR count). The van der Waals surface area contributed by atoms with Crippen LogP contribution in [0.3, 0.4) is 0 Å². The van der Waals surface area contributed by atoms with Gasteiger partial charge in [0, 0.05) is 11.3 Å². The van der Waals surface area contributed by atoms with Crippen molar-refractivity contribution in [1.82, 2.24) is 15.5 Å². The van der Waals surface area contributed by atoms with Crippen LogP contribution in [-0.4, -0.2) is 33.5 Å². The predicted octanol–water partition coefficient (Wildman–Crippen LogP) is 2.47. The Bertz CT molecular complexity index is 672.